The van der Waals surface area contributed by atoms with Crippen molar-refractivity contribution in [1.82, 2.24) is 4.90 Å². The van der Waals surface area contributed by atoms with Gasteiger partial charge in [-0.2, -0.15) is 0 Å². The lowest BCUT2D eigenvalue weighted by molar-refractivity contribution is -0.133. The van der Waals surface area contributed by atoms with E-state index in [9.17, 15) is 13.2 Å². The highest BCUT2D eigenvalue weighted by Crippen LogP contribution is 2.26. The average molecular weight is 558 g/mol. The third kappa shape index (κ3) is 6.71. The number of aryl methyl sites for hydroxylation is 2. The summed E-state index contributed by atoms with van der Waals surface area (Å²) >= 11 is 6.16. The zero-order chi connectivity index (χ0) is 27.3. The molecule has 10 heteroatoms. The molecule has 0 spiro atoms. The molecule has 8 nitrogen and oxygen atoms in total. The van der Waals surface area contributed by atoms with Crippen molar-refractivity contribution in [2.75, 3.05) is 49.0 Å². The molecule has 4 rings (SSSR count). The van der Waals surface area contributed by atoms with Crippen LogP contribution in [0.5, 0.6) is 11.5 Å². The van der Waals surface area contributed by atoms with Gasteiger partial charge >= 0.3 is 0 Å². The van der Waals surface area contributed by atoms with Crippen LogP contribution in [0.2, 0.25) is 5.02 Å². The maximum absolute atomic E-state index is 12.9. The van der Waals surface area contributed by atoms with Crippen LogP contribution in [0.3, 0.4) is 0 Å². The summed E-state index contributed by atoms with van der Waals surface area (Å²) in [5.41, 5.74) is 3.29. The third-order valence-electron chi connectivity index (χ3n) is 6.37. The molecule has 1 aliphatic rings. The Labute approximate surface area is 229 Å². The third-order valence-corrected chi connectivity index (χ3v) is 7.98. The smallest absolute Gasteiger partial charge is 0.261 e. The van der Waals surface area contributed by atoms with Gasteiger partial charge in [-0.3, -0.25) is 9.52 Å². The SMILES string of the molecule is CCOc1ccc(NS(=O)(=O)c2ccc(OCC(=O)N3CCN(c4cc(Cl)ccc4C)CC3)c(C)c2)cc1. The Morgan fingerprint density at radius 3 is 2.29 bits per heavy atom. The monoisotopic (exact) mass is 557 g/mol. The molecule has 0 unspecified atom stereocenters. The van der Waals surface area contributed by atoms with E-state index in [1.54, 1.807) is 42.2 Å². The molecule has 0 bridgehead atoms. The molecule has 1 N–H and O–H groups in total. The van der Waals surface area contributed by atoms with E-state index in [4.69, 9.17) is 21.1 Å². The van der Waals surface area contributed by atoms with Crippen LogP contribution in [0.25, 0.3) is 0 Å². The zero-order valence-electron chi connectivity index (χ0n) is 21.7. The Kier molecular flexibility index (Phi) is 8.69. The van der Waals surface area contributed by atoms with Crippen molar-refractivity contribution in [2.45, 2.75) is 25.7 Å². The highest BCUT2D eigenvalue weighted by Gasteiger charge is 2.23. The van der Waals surface area contributed by atoms with Gasteiger partial charge in [0.15, 0.2) is 6.61 Å². The maximum Gasteiger partial charge on any atom is 0.261 e. The lowest BCUT2D eigenvalue weighted by Gasteiger charge is -2.36. The summed E-state index contributed by atoms with van der Waals surface area (Å²) in [6, 6.07) is 17.1. The Morgan fingerprint density at radius 2 is 1.63 bits per heavy atom. The minimum atomic E-state index is -3.79. The van der Waals surface area contributed by atoms with Crippen LogP contribution in [0, 0.1) is 13.8 Å². The molecule has 1 heterocycles. The molecule has 1 aliphatic heterocycles. The van der Waals surface area contributed by atoms with Gasteiger partial charge in [0.1, 0.15) is 11.5 Å². The number of sulfonamides is 1. The fourth-order valence-electron chi connectivity index (χ4n) is 4.30. The fourth-order valence-corrected chi connectivity index (χ4v) is 5.61. The second-order valence-electron chi connectivity index (χ2n) is 9.08. The molecule has 1 saturated heterocycles. The summed E-state index contributed by atoms with van der Waals surface area (Å²) in [5.74, 6) is 1.02. The van der Waals surface area contributed by atoms with Crippen LogP contribution >= 0.6 is 11.6 Å². The highest BCUT2D eigenvalue weighted by atomic mass is 35.5. The normalized spacial score (nSPS) is 13.8. The molecule has 0 radical (unpaired) electrons. The van der Waals surface area contributed by atoms with Crippen LogP contribution < -0.4 is 19.1 Å². The van der Waals surface area contributed by atoms with Gasteiger partial charge in [-0.05, 0) is 86.5 Å². The Morgan fingerprint density at radius 1 is 0.921 bits per heavy atom. The minimum absolute atomic E-state index is 0.106. The van der Waals surface area contributed by atoms with Crippen LogP contribution in [0.15, 0.2) is 65.6 Å². The molecule has 1 amide bonds. The predicted molar refractivity (Wildman–Crippen MR) is 150 cm³/mol. The van der Waals surface area contributed by atoms with E-state index in [-0.39, 0.29) is 17.4 Å². The molecule has 3 aromatic rings. The van der Waals surface area contributed by atoms with Crippen molar-refractivity contribution in [3.8, 4) is 11.5 Å². The lowest BCUT2D eigenvalue weighted by Crippen LogP contribution is -2.50. The summed E-state index contributed by atoms with van der Waals surface area (Å²) in [5, 5.41) is 0.693. The van der Waals surface area contributed by atoms with Crippen molar-refractivity contribution in [3.05, 3.63) is 76.8 Å². The molecule has 0 saturated carbocycles. The van der Waals surface area contributed by atoms with Crippen LogP contribution in [0.1, 0.15) is 18.1 Å². The number of ether oxygens (including phenoxy) is 2. The number of benzene rings is 3. The number of rotatable bonds is 9. The van der Waals surface area contributed by atoms with E-state index < -0.39 is 10.0 Å². The van der Waals surface area contributed by atoms with E-state index in [1.807, 2.05) is 32.0 Å². The second-order valence-corrected chi connectivity index (χ2v) is 11.2. The number of carbonyl (C=O) groups excluding carboxylic acids is 1. The number of carbonyl (C=O) groups is 1. The molecule has 3 aromatic carbocycles. The summed E-state index contributed by atoms with van der Waals surface area (Å²) < 4.78 is 39.5. The van der Waals surface area contributed by atoms with Crippen molar-refractivity contribution in [3.63, 3.8) is 0 Å². The highest BCUT2D eigenvalue weighted by molar-refractivity contribution is 7.92. The number of anilines is 2. The largest absolute Gasteiger partial charge is 0.494 e. The zero-order valence-corrected chi connectivity index (χ0v) is 23.3. The fraction of sp³-hybridized carbons (Fsp3) is 0.321. The number of hydrogen-bond acceptors (Lipinski definition) is 6. The summed E-state index contributed by atoms with van der Waals surface area (Å²) in [4.78, 5) is 16.9. The molecule has 202 valence electrons. The van der Waals surface area contributed by atoms with Gasteiger partial charge in [0.25, 0.3) is 15.9 Å². The van der Waals surface area contributed by atoms with Crippen LogP contribution in [-0.2, 0) is 14.8 Å². The van der Waals surface area contributed by atoms with Crippen LogP contribution in [0.4, 0.5) is 11.4 Å². The van der Waals surface area contributed by atoms with Gasteiger partial charge in [-0.1, -0.05) is 17.7 Å². The predicted octanol–water partition coefficient (Wildman–Crippen LogP) is 4.88. The number of amides is 1. The first kappa shape index (κ1) is 27.6. The molecule has 1 fully saturated rings. The van der Waals surface area contributed by atoms with Gasteiger partial charge in [0.05, 0.1) is 11.5 Å². The molecule has 38 heavy (non-hydrogen) atoms. The summed E-state index contributed by atoms with van der Waals surface area (Å²) in [6.07, 6.45) is 0. The van der Waals surface area contributed by atoms with E-state index in [0.717, 1.165) is 11.3 Å². The second kappa shape index (κ2) is 12.0. The minimum Gasteiger partial charge on any atom is -0.494 e. The van der Waals surface area contributed by atoms with Gasteiger partial charge < -0.3 is 19.3 Å². The number of nitrogens with zero attached hydrogens (tertiary/aromatic N) is 2. The molecular weight excluding hydrogens is 526 g/mol. The molecule has 0 atom stereocenters. The Bertz CT molecular complexity index is 1390. The van der Waals surface area contributed by atoms with E-state index in [0.29, 0.717) is 60.6 Å². The van der Waals surface area contributed by atoms with E-state index >= 15 is 0 Å². The Hall–Kier alpha value is -3.43. The number of nitrogens with one attached hydrogen (secondary N) is 1. The molecule has 0 aliphatic carbocycles. The van der Waals surface area contributed by atoms with Crippen molar-refractivity contribution in [1.29, 1.82) is 0 Å². The Balaban J connectivity index is 1.31. The summed E-state index contributed by atoms with van der Waals surface area (Å²) in [7, 11) is -3.79. The van der Waals surface area contributed by atoms with E-state index in [2.05, 4.69) is 9.62 Å². The molecular formula is C28H32ClN3O5S. The first-order valence-electron chi connectivity index (χ1n) is 12.4. The van der Waals surface area contributed by atoms with Gasteiger partial charge in [-0.25, -0.2) is 8.42 Å². The topological polar surface area (TPSA) is 88.2 Å². The number of piperazine rings is 1. The average Bonchev–Trinajstić information content (AvgIpc) is 2.90. The quantitative estimate of drug-likeness (QED) is 0.403. The lowest BCUT2D eigenvalue weighted by atomic mass is 10.1. The van der Waals surface area contributed by atoms with Crippen LogP contribution in [-0.4, -0.2) is 58.6 Å². The number of hydrogen-bond donors (Lipinski definition) is 1. The first-order chi connectivity index (χ1) is 18.2. The first-order valence-corrected chi connectivity index (χ1v) is 14.3. The van der Waals surface area contributed by atoms with Crippen molar-refractivity contribution >= 4 is 38.9 Å². The summed E-state index contributed by atoms with van der Waals surface area (Å²) in [6.45, 7) is 8.68. The van der Waals surface area contributed by atoms with Gasteiger partial charge in [-0.15, -0.1) is 0 Å². The van der Waals surface area contributed by atoms with Gasteiger partial charge in [0, 0.05) is 42.6 Å². The standard InChI is InChI=1S/C28H32ClN3O5S/c1-4-36-24-9-7-23(8-10-24)30-38(34,35)25-11-12-27(21(3)17-25)37-19-28(33)32-15-13-31(14-16-32)26-18-22(29)6-5-20(26)2/h5-12,17-18,30H,4,13-16,19H2,1-3H3. The van der Waals surface area contributed by atoms with Crippen molar-refractivity contribution in [2.24, 2.45) is 0 Å². The maximum atomic E-state index is 12.9. The number of halogens is 1. The van der Waals surface area contributed by atoms with Crippen molar-refractivity contribution < 1.29 is 22.7 Å². The van der Waals surface area contributed by atoms with Gasteiger partial charge in [0.2, 0.25) is 0 Å². The molecule has 0 aromatic heterocycles. The van der Waals surface area contributed by atoms with E-state index in [1.165, 1.54) is 12.1 Å².